The average Bonchev–Trinajstić information content (AvgIpc) is 2.96. The fourth-order valence-corrected chi connectivity index (χ4v) is 5.07. The van der Waals surface area contributed by atoms with Crippen LogP contribution in [0.1, 0.15) is 90.0 Å². The van der Waals surface area contributed by atoms with Gasteiger partial charge in [-0.1, -0.05) is 79.0 Å². The van der Waals surface area contributed by atoms with Crippen LogP contribution in [0.5, 0.6) is 0 Å². The summed E-state index contributed by atoms with van der Waals surface area (Å²) in [5, 5.41) is 0. The SMILES string of the molecule is CC=CC(=CC)C(=CC)C(=CC)C(=CC)C(=CC)C(=CC)C(=CC)C(=CC)C(=CC)C(=CC)C(=CC)N=CC. The quantitative estimate of drug-likeness (QED) is 0.178. The lowest BCUT2D eigenvalue weighted by Gasteiger charge is -2.25. The van der Waals surface area contributed by atoms with E-state index in [-0.39, 0.29) is 0 Å². The second-order valence-corrected chi connectivity index (χ2v) is 8.63. The van der Waals surface area contributed by atoms with Gasteiger partial charge in [0.2, 0.25) is 0 Å². The Hall–Kier alpha value is -3.45. The zero-order valence-electron chi connectivity index (χ0n) is 27.0. The summed E-state index contributed by atoms with van der Waals surface area (Å²) in [7, 11) is 0. The summed E-state index contributed by atoms with van der Waals surface area (Å²) in [5.41, 5.74) is 13.0. The van der Waals surface area contributed by atoms with E-state index in [4.69, 9.17) is 0 Å². The van der Waals surface area contributed by atoms with Gasteiger partial charge in [-0.05, 0) is 140 Å². The molecule has 0 bridgehead atoms. The summed E-state index contributed by atoms with van der Waals surface area (Å²) >= 11 is 0. The Kier molecular flexibility index (Phi) is 17.9. The number of allylic oxidation sites excluding steroid dienone is 22. The molecular formula is C38H53N. The third kappa shape index (κ3) is 8.79. The molecule has 0 aliphatic rings. The molecule has 0 unspecified atom stereocenters. The Labute approximate surface area is 241 Å². The molecule has 0 aromatic carbocycles. The largest absolute Gasteiger partial charge is 0.261 e. The number of hydrogen-bond acceptors (Lipinski definition) is 1. The van der Waals surface area contributed by atoms with Gasteiger partial charge in [0, 0.05) is 11.8 Å². The predicted octanol–water partition coefficient (Wildman–Crippen LogP) is 12.0. The van der Waals surface area contributed by atoms with Crippen molar-refractivity contribution in [2.24, 2.45) is 4.99 Å². The summed E-state index contributed by atoms with van der Waals surface area (Å²) < 4.78 is 0. The van der Waals surface area contributed by atoms with Crippen LogP contribution in [-0.4, -0.2) is 6.21 Å². The van der Waals surface area contributed by atoms with Crippen LogP contribution in [0.2, 0.25) is 0 Å². The average molecular weight is 524 g/mol. The number of nitrogens with zero attached hydrogens (tertiary/aromatic N) is 1. The first kappa shape index (κ1) is 35.5. The standard InChI is InChI=1S/C38H53N/c1-14-27-28(15-2)29(16-3)30(17-4)31(18-5)32(19-6)33(20-7)34(21-8)35(22-9)36(23-10)37(24-11)38(25-12)39-26-13/h14-27H,1-13H3. The highest BCUT2D eigenvalue weighted by atomic mass is 14.7. The van der Waals surface area contributed by atoms with Gasteiger partial charge in [-0.25, -0.2) is 0 Å². The zero-order chi connectivity index (χ0) is 30.0. The molecule has 1 heteroatoms. The van der Waals surface area contributed by atoms with Crippen molar-refractivity contribution in [3.63, 3.8) is 0 Å². The minimum absolute atomic E-state index is 0.974. The number of aliphatic imine (C=N–C) groups is 1. The lowest BCUT2D eigenvalue weighted by molar-refractivity contribution is 1.21. The Morgan fingerprint density at radius 1 is 0.333 bits per heavy atom. The number of rotatable bonds is 12. The second kappa shape index (κ2) is 19.6. The summed E-state index contributed by atoms with van der Waals surface area (Å²) in [4.78, 5) is 4.67. The van der Waals surface area contributed by atoms with Crippen LogP contribution < -0.4 is 0 Å². The maximum Gasteiger partial charge on any atom is 0.0658 e. The first-order valence-corrected chi connectivity index (χ1v) is 14.3. The Morgan fingerprint density at radius 3 is 0.872 bits per heavy atom. The molecule has 0 saturated heterocycles. The molecule has 0 aromatic heterocycles. The predicted molar refractivity (Wildman–Crippen MR) is 180 cm³/mol. The van der Waals surface area contributed by atoms with Crippen molar-refractivity contribution in [1.82, 2.24) is 0 Å². The van der Waals surface area contributed by atoms with Gasteiger partial charge >= 0.3 is 0 Å². The normalized spacial score (nSPS) is 17.3. The van der Waals surface area contributed by atoms with Gasteiger partial charge in [0.15, 0.2) is 0 Å². The molecule has 0 aliphatic heterocycles. The van der Waals surface area contributed by atoms with Gasteiger partial charge in [0.25, 0.3) is 0 Å². The van der Waals surface area contributed by atoms with E-state index in [9.17, 15) is 0 Å². The molecule has 39 heavy (non-hydrogen) atoms. The van der Waals surface area contributed by atoms with E-state index >= 15 is 0 Å². The lowest BCUT2D eigenvalue weighted by atomic mass is 9.79. The van der Waals surface area contributed by atoms with Crippen molar-refractivity contribution in [3.05, 3.63) is 140 Å². The summed E-state index contributed by atoms with van der Waals surface area (Å²) in [5.74, 6) is 0. The van der Waals surface area contributed by atoms with E-state index in [0.717, 1.165) is 11.3 Å². The fraction of sp³-hybridized carbons (Fsp3) is 0.342. The molecular weight excluding hydrogens is 470 g/mol. The first-order chi connectivity index (χ1) is 18.8. The van der Waals surface area contributed by atoms with Crippen LogP contribution in [0.4, 0.5) is 0 Å². The van der Waals surface area contributed by atoms with E-state index in [2.05, 4.69) is 160 Å². The van der Waals surface area contributed by atoms with E-state index in [0.29, 0.717) is 0 Å². The minimum atomic E-state index is 0.974. The summed E-state index contributed by atoms with van der Waals surface area (Å²) in [6.07, 6.45) is 30.4. The van der Waals surface area contributed by atoms with Crippen LogP contribution >= 0.6 is 0 Å². The molecule has 0 fully saturated rings. The van der Waals surface area contributed by atoms with Crippen molar-refractivity contribution >= 4 is 6.21 Å². The molecule has 0 rings (SSSR count). The second-order valence-electron chi connectivity index (χ2n) is 8.63. The molecule has 0 saturated carbocycles. The highest BCUT2D eigenvalue weighted by molar-refractivity contribution is 5.74. The highest BCUT2D eigenvalue weighted by Gasteiger charge is 2.23. The molecule has 1 nitrogen and oxygen atoms in total. The third-order valence-corrected chi connectivity index (χ3v) is 6.71. The van der Waals surface area contributed by atoms with Crippen LogP contribution in [0.25, 0.3) is 0 Å². The van der Waals surface area contributed by atoms with E-state index < -0.39 is 0 Å². The first-order valence-electron chi connectivity index (χ1n) is 14.3. The monoisotopic (exact) mass is 523 g/mol. The molecule has 0 aromatic rings. The smallest absolute Gasteiger partial charge is 0.0658 e. The topological polar surface area (TPSA) is 12.4 Å². The van der Waals surface area contributed by atoms with Gasteiger partial charge in [-0.3, -0.25) is 4.99 Å². The van der Waals surface area contributed by atoms with Crippen molar-refractivity contribution < 1.29 is 0 Å². The van der Waals surface area contributed by atoms with Crippen molar-refractivity contribution in [3.8, 4) is 0 Å². The van der Waals surface area contributed by atoms with Crippen molar-refractivity contribution in [1.29, 1.82) is 0 Å². The van der Waals surface area contributed by atoms with Gasteiger partial charge in [-0.15, -0.1) is 0 Å². The Bertz CT molecular complexity index is 1140. The van der Waals surface area contributed by atoms with Crippen molar-refractivity contribution in [2.75, 3.05) is 0 Å². The molecule has 0 N–H and O–H groups in total. The maximum atomic E-state index is 4.67. The Morgan fingerprint density at radius 2 is 0.641 bits per heavy atom. The van der Waals surface area contributed by atoms with Crippen LogP contribution in [0.3, 0.4) is 0 Å². The molecule has 0 aliphatic carbocycles. The van der Waals surface area contributed by atoms with Gasteiger partial charge < -0.3 is 0 Å². The zero-order valence-corrected chi connectivity index (χ0v) is 27.0. The molecule has 0 atom stereocenters. The van der Waals surface area contributed by atoms with Crippen LogP contribution in [0.15, 0.2) is 145 Å². The molecule has 0 spiro atoms. The summed E-state index contributed by atoms with van der Waals surface area (Å²) in [6.45, 7) is 27.3. The third-order valence-electron chi connectivity index (χ3n) is 6.71. The van der Waals surface area contributed by atoms with Crippen LogP contribution in [-0.2, 0) is 0 Å². The fourth-order valence-electron chi connectivity index (χ4n) is 5.07. The van der Waals surface area contributed by atoms with E-state index in [1.54, 1.807) is 0 Å². The molecule has 0 amide bonds. The van der Waals surface area contributed by atoms with Gasteiger partial charge in [0.1, 0.15) is 0 Å². The van der Waals surface area contributed by atoms with Crippen molar-refractivity contribution in [2.45, 2.75) is 90.0 Å². The maximum absolute atomic E-state index is 4.67. The highest BCUT2D eigenvalue weighted by Crippen LogP contribution is 2.41. The van der Waals surface area contributed by atoms with Gasteiger partial charge in [0.05, 0.1) is 5.70 Å². The lowest BCUT2D eigenvalue weighted by Crippen LogP contribution is -2.07. The van der Waals surface area contributed by atoms with E-state index in [1.165, 1.54) is 50.2 Å². The van der Waals surface area contributed by atoms with Gasteiger partial charge in [-0.2, -0.15) is 0 Å². The molecule has 0 heterocycles. The summed E-state index contributed by atoms with van der Waals surface area (Å²) in [6, 6.07) is 0. The van der Waals surface area contributed by atoms with Crippen LogP contribution in [0, 0.1) is 0 Å². The Balaban J connectivity index is 7.21. The minimum Gasteiger partial charge on any atom is -0.261 e. The van der Waals surface area contributed by atoms with E-state index in [1.807, 2.05) is 20.1 Å². The molecule has 210 valence electrons. The number of hydrogen-bond donors (Lipinski definition) is 0. The molecule has 0 radical (unpaired) electrons.